The predicted molar refractivity (Wildman–Crippen MR) is 117 cm³/mol. The number of benzene rings is 1. The van der Waals surface area contributed by atoms with Crippen molar-refractivity contribution in [1.29, 1.82) is 0 Å². The zero-order valence-electron chi connectivity index (χ0n) is 18.1. The minimum absolute atomic E-state index is 0.0315. The Morgan fingerprint density at radius 3 is 2.35 bits per heavy atom. The molecule has 1 heterocycles. The molecule has 0 aliphatic carbocycles. The van der Waals surface area contributed by atoms with E-state index < -0.39 is 23.8 Å². The topological polar surface area (TPSA) is 124 Å². The molecule has 1 aromatic carbocycles. The number of allylic oxidation sites excluding steroid dienone is 1. The fourth-order valence-electron chi connectivity index (χ4n) is 3.02. The molecule has 1 aliphatic heterocycles. The Morgan fingerprint density at radius 2 is 1.81 bits per heavy atom. The number of hydrogen-bond acceptors (Lipinski definition) is 4. The number of nitrogens with zero attached hydrogens (tertiary/aromatic N) is 1. The molecule has 0 radical (unpaired) electrons. The Balaban J connectivity index is 0.000000318. The number of carboxylic acid groups (broad SMARTS) is 2. The smallest absolute Gasteiger partial charge is 0.310 e. The number of para-hydroxylation sites is 1. The molecule has 1 fully saturated rings. The van der Waals surface area contributed by atoms with Gasteiger partial charge in [0.1, 0.15) is 5.92 Å². The first-order valence-electron chi connectivity index (χ1n) is 10.6. The molecule has 2 rings (SSSR count). The van der Waals surface area contributed by atoms with Crippen LogP contribution in [0.3, 0.4) is 0 Å². The predicted octanol–water partition coefficient (Wildman–Crippen LogP) is 3.78. The molecule has 1 saturated heterocycles. The van der Waals surface area contributed by atoms with E-state index in [1.54, 1.807) is 24.3 Å². The second-order valence-electron chi connectivity index (χ2n) is 7.25. The van der Waals surface area contributed by atoms with Gasteiger partial charge in [-0.25, -0.2) is 5.01 Å². The third kappa shape index (κ3) is 9.02. The molecular weight excluding hydrogens is 400 g/mol. The lowest BCUT2D eigenvalue weighted by molar-refractivity contribution is -0.141. The van der Waals surface area contributed by atoms with Crippen molar-refractivity contribution >= 4 is 29.4 Å². The number of aliphatic carboxylic acids is 2. The van der Waals surface area contributed by atoms with Gasteiger partial charge in [0.05, 0.1) is 11.6 Å². The molecule has 0 saturated carbocycles. The maximum atomic E-state index is 12.1. The van der Waals surface area contributed by atoms with E-state index in [1.807, 2.05) is 32.0 Å². The van der Waals surface area contributed by atoms with Crippen molar-refractivity contribution in [2.75, 3.05) is 5.01 Å². The lowest BCUT2D eigenvalue weighted by atomic mass is 10.0. The van der Waals surface area contributed by atoms with Crippen LogP contribution < -0.4 is 10.4 Å². The Bertz CT molecular complexity index is 763. The summed E-state index contributed by atoms with van der Waals surface area (Å²) in [6, 6.07) is 9.17. The quantitative estimate of drug-likeness (QED) is 0.361. The molecule has 0 bridgehead atoms. The van der Waals surface area contributed by atoms with Crippen LogP contribution in [0.2, 0.25) is 0 Å². The largest absolute Gasteiger partial charge is 0.481 e. The van der Waals surface area contributed by atoms with Crippen LogP contribution >= 0.6 is 0 Å². The van der Waals surface area contributed by atoms with E-state index in [1.165, 1.54) is 5.01 Å². The molecule has 1 aromatic rings. The van der Waals surface area contributed by atoms with Crippen molar-refractivity contribution in [2.45, 2.75) is 58.8 Å². The number of carbonyl (C=O) groups is 4. The first-order chi connectivity index (χ1) is 14.8. The Hall–Kier alpha value is -3.16. The molecule has 8 heteroatoms. The lowest BCUT2D eigenvalue weighted by Crippen LogP contribution is -2.35. The van der Waals surface area contributed by atoms with Gasteiger partial charge in [-0.1, -0.05) is 57.0 Å². The summed E-state index contributed by atoms with van der Waals surface area (Å²) in [5.41, 5.74) is 3.34. The third-order valence-corrected chi connectivity index (χ3v) is 4.74. The number of carbonyl (C=O) groups excluding carboxylic acids is 2. The molecule has 1 aliphatic rings. The van der Waals surface area contributed by atoms with Crippen LogP contribution in [0.4, 0.5) is 5.69 Å². The summed E-state index contributed by atoms with van der Waals surface area (Å²) in [7, 11) is 0. The molecule has 3 N–H and O–H groups in total. The Kier molecular flexibility index (Phi) is 11.6. The minimum atomic E-state index is -0.889. The summed E-state index contributed by atoms with van der Waals surface area (Å²) in [5.74, 6) is -3.17. The van der Waals surface area contributed by atoms with E-state index in [9.17, 15) is 19.2 Å². The van der Waals surface area contributed by atoms with E-state index in [2.05, 4.69) is 5.43 Å². The van der Waals surface area contributed by atoms with Crippen molar-refractivity contribution in [1.82, 2.24) is 5.43 Å². The van der Waals surface area contributed by atoms with Crippen LogP contribution in [0.25, 0.3) is 0 Å². The number of carboxylic acids is 2. The van der Waals surface area contributed by atoms with Gasteiger partial charge < -0.3 is 10.2 Å². The highest BCUT2D eigenvalue weighted by Gasteiger charge is 2.39. The standard InChI is InChI=1S/C13H16N2O2.C10H16O4/c1-2-3-9-11-12(16)14-15(13(11)17)10-7-5-4-6-8-10;1-2-3-5-8(10(13)14)6-4-7-9(11)12/h4-8,11H,2-3,9H2,1H3,(H,14,16);3,5,8H,2,4,6-7H2,1H3,(H,11,12)(H,13,14)/b;5-3+. The highest BCUT2D eigenvalue weighted by Crippen LogP contribution is 2.22. The van der Waals surface area contributed by atoms with E-state index in [4.69, 9.17) is 10.2 Å². The van der Waals surface area contributed by atoms with Crippen molar-refractivity contribution in [3.63, 3.8) is 0 Å². The van der Waals surface area contributed by atoms with E-state index in [-0.39, 0.29) is 18.2 Å². The van der Waals surface area contributed by atoms with Gasteiger partial charge in [0.2, 0.25) is 0 Å². The third-order valence-electron chi connectivity index (χ3n) is 4.74. The van der Waals surface area contributed by atoms with E-state index in [0.29, 0.717) is 24.9 Å². The molecule has 0 aromatic heterocycles. The fourth-order valence-corrected chi connectivity index (χ4v) is 3.02. The molecular formula is C23H32N2O6. The van der Waals surface area contributed by atoms with Gasteiger partial charge in [-0.05, 0) is 37.8 Å². The van der Waals surface area contributed by atoms with Gasteiger partial charge in [0, 0.05) is 6.42 Å². The molecule has 2 amide bonds. The van der Waals surface area contributed by atoms with Gasteiger partial charge in [-0.3, -0.25) is 24.6 Å². The lowest BCUT2D eigenvalue weighted by Gasteiger charge is -2.14. The zero-order valence-corrected chi connectivity index (χ0v) is 18.1. The van der Waals surface area contributed by atoms with Gasteiger partial charge >= 0.3 is 11.9 Å². The van der Waals surface area contributed by atoms with Gasteiger partial charge in [-0.2, -0.15) is 0 Å². The first-order valence-corrected chi connectivity index (χ1v) is 10.6. The summed E-state index contributed by atoms with van der Waals surface area (Å²) in [5, 5.41) is 18.5. The van der Waals surface area contributed by atoms with E-state index >= 15 is 0 Å². The minimum Gasteiger partial charge on any atom is -0.481 e. The highest BCUT2D eigenvalue weighted by molar-refractivity contribution is 6.14. The monoisotopic (exact) mass is 432 g/mol. The van der Waals surface area contributed by atoms with Crippen molar-refractivity contribution in [3.8, 4) is 0 Å². The maximum absolute atomic E-state index is 12.1. The normalized spacial score (nSPS) is 16.6. The summed E-state index contributed by atoms with van der Waals surface area (Å²) in [6.07, 6.45) is 7.55. The molecule has 31 heavy (non-hydrogen) atoms. The average Bonchev–Trinajstić information content (AvgIpc) is 3.03. The van der Waals surface area contributed by atoms with Crippen molar-refractivity contribution in [3.05, 3.63) is 42.5 Å². The van der Waals surface area contributed by atoms with Crippen LogP contribution in [-0.2, 0) is 19.2 Å². The number of hydrazine groups is 1. The second kappa shape index (κ2) is 14.0. The molecule has 0 spiro atoms. The van der Waals surface area contributed by atoms with Crippen molar-refractivity contribution < 1.29 is 29.4 Å². The number of hydrogen-bond donors (Lipinski definition) is 3. The Labute approximate surface area is 182 Å². The van der Waals surface area contributed by atoms with Crippen LogP contribution in [0.1, 0.15) is 58.8 Å². The van der Waals surface area contributed by atoms with Crippen LogP contribution in [0.5, 0.6) is 0 Å². The highest BCUT2D eigenvalue weighted by atomic mass is 16.4. The number of unbranched alkanes of at least 4 members (excludes halogenated alkanes) is 1. The van der Waals surface area contributed by atoms with E-state index in [0.717, 1.165) is 19.3 Å². The number of rotatable bonds is 11. The van der Waals surface area contributed by atoms with Crippen LogP contribution in [0.15, 0.2) is 42.5 Å². The summed E-state index contributed by atoms with van der Waals surface area (Å²) in [6.45, 7) is 3.97. The van der Waals surface area contributed by atoms with Gasteiger partial charge in [0.25, 0.3) is 11.8 Å². The maximum Gasteiger partial charge on any atom is 0.310 e. The average molecular weight is 433 g/mol. The van der Waals surface area contributed by atoms with Gasteiger partial charge in [-0.15, -0.1) is 0 Å². The summed E-state index contributed by atoms with van der Waals surface area (Å²) >= 11 is 0. The van der Waals surface area contributed by atoms with Crippen LogP contribution in [0, 0.1) is 11.8 Å². The fraction of sp³-hybridized carbons (Fsp3) is 0.478. The van der Waals surface area contributed by atoms with Crippen molar-refractivity contribution in [2.24, 2.45) is 11.8 Å². The number of nitrogens with one attached hydrogen (secondary N) is 1. The van der Waals surface area contributed by atoms with Crippen LogP contribution in [-0.4, -0.2) is 34.0 Å². The summed E-state index contributed by atoms with van der Waals surface area (Å²) < 4.78 is 0. The zero-order chi connectivity index (χ0) is 23.2. The number of anilines is 1. The SMILES string of the molecule is CC/C=C/C(CCCC(=O)O)C(=O)O.CCCCC1C(=O)NN(c2ccccc2)C1=O. The second-order valence-corrected chi connectivity index (χ2v) is 7.25. The first kappa shape index (κ1) is 25.9. The molecule has 2 atom stereocenters. The molecule has 170 valence electrons. The molecule has 2 unspecified atom stereocenters. The van der Waals surface area contributed by atoms with Gasteiger partial charge in [0.15, 0.2) is 0 Å². The molecule has 8 nitrogen and oxygen atoms in total. The number of amides is 2. The Morgan fingerprint density at radius 1 is 1.13 bits per heavy atom. The summed E-state index contributed by atoms with van der Waals surface area (Å²) in [4.78, 5) is 44.6.